The molecule has 5 nitrogen and oxygen atoms in total. The van der Waals surface area contributed by atoms with E-state index >= 15 is 0 Å². The predicted octanol–water partition coefficient (Wildman–Crippen LogP) is 3.06. The highest BCUT2D eigenvalue weighted by Crippen LogP contribution is 2.33. The first-order valence-corrected chi connectivity index (χ1v) is 7.39. The molecule has 1 aliphatic heterocycles. The van der Waals surface area contributed by atoms with Gasteiger partial charge in [-0.25, -0.2) is 0 Å². The highest BCUT2D eigenvalue weighted by molar-refractivity contribution is 6.04. The summed E-state index contributed by atoms with van der Waals surface area (Å²) in [7, 11) is 0. The standard InChI is InChI=1S/C18H17NO4/c1-11(20)13-7-3-4-8-14(13)19-18(21)17-12(2)22-15-9-5-6-10-16(15)23-17/h3-10,12,17H,1-2H3,(H,19,21). The zero-order valence-corrected chi connectivity index (χ0v) is 12.9. The topological polar surface area (TPSA) is 64.6 Å². The number of carbonyl (C=O) groups is 2. The monoisotopic (exact) mass is 311 g/mol. The maximum Gasteiger partial charge on any atom is 0.269 e. The molecule has 0 fully saturated rings. The van der Waals surface area contributed by atoms with Gasteiger partial charge in [-0.05, 0) is 38.1 Å². The van der Waals surface area contributed by atoms with Crippen molar-refractivity contribution < 1.29 is 19.1 Å². The van der Waals surface area contributed by atoms with Gasteiger partial charge in [-0.1, -0.05) is 24.3 Å². The fraction of sp³-hybridized carbons (Fsp3) is 0.222. The molecule has 1 aliphatic rings. The molecule has 23 heavy (non-hydrogen) atoms. The zero-order chi connectivity index (χ0) is 16.4. The van der Waals surface area contributed by atoms with Crippen LogP contribution in [0.2, 0.25) is 0 Å². The van der Waals surface area contributed by atoms with Crippen molar-refractivity contribution in [3.8, 4) is 11.5 Å². The number of Topliss-reactive ketones (excluding diaryl/α,β-unsaturated/α-hetero) is 1. The molecule has 0 saturated heterocycles. The fourth-order valence-electron chi connectivity index (χ4n) is 2.51. The second-order valence-electron chi connectivity index (χ2n) is 5.40. The van der Waals surface area contributed by atoms with Crippen LogP contribution in [0.25, 0.3) is 0 Å². The number of hydrogen-bond donors (Lipinski definition) is 1. The molecule has 1 heterocycles. The molecule has 5 heteroatoms. The number of hydrogen-bond acceptors (Lipinski definition) is 4. The van der Waals surface area contributed by atoms with Crippen LogP contribution in [0, 0.1) is 0 Å². The van der Waals surface area contributed by atoms with Gasteiger partial charge < -0.3 is 14.8 Å². The number of anilines is 1. The molecule has 3 rings (SSSR count). The molecule has 1 N–H and O–H groups in total. The summed E-state index contributed by atoms with van der Waals surface area (Å²) in [5.74, 6) is 0.694. The van der Waals surface area contributed by atoms with Gasteiger partial charge in [-0.3, -0.25) is 9.59 Å². The first-order valence-electron chi connectivity index (χ1n) is 7.39. The molecule has 0 bridgehead atoms. The summed E-state index contributed by atoms with van der Waals surface area (Å²) < 4.78 is 11.5. The lowest BCUT2D eigenvalue weighted by Crippen LogP contribution is -2.46. The summed E-state index contributed by atoms with van der Waals surface area (Å²) in [5, 5.41) is 2.76. The number of carbonyl (C=O) groups excluding carboxylic acids is 2. The van der Waals surface area contributed by atoms with E-state index in [1.165, 1.54) is 6.92 Å². The van der Waals surface area contributed by atoms with Crippen molar-refractivity contribution in [2.75, 3.05) is 5.32 Å². The molecule has 0 aliphatic carbocycles. The van der Waals surface area contributed by atoms with E-state index in [0.29, 0.717) is 22.7 Å². The minimum absolute atomic E-state index is 0.111. The van der Waals surface area contributed by atoms with Gasteiger partial charge in [0.05, 0.1) is 5.69 Å². The van der Waals surface area contributed by atoms with E-state index in [4.69, 9.17) is 9.47 Å². The van der Waals surface area contributed by atoms with Crippen molar-refractivity contribution in [3.63, 3.8) is 0 Å². The van der Waals surface area contributed by atoms with Gasteiger partial charge in [0.15, 0.2) is 17.3 Å². The summed E-state index contributed by atoms with van der Waals surface area (Å²) in [6.07, 6.45) is -1.22. The van der Waals surface area contributed by atoms with Crippen LogP contribution in [0.5, 0.6) is 11.5 Å². The van der Waals surface area contributed by atoms with Crippen molar-refractivity contribution in [2.45, 2.75) is 26.1 Å². The second kappa shape index (κ2) is 6.12. The van der Waals surface area contributed by atoms with Crippen LogP contribution in [0.15, 0.2) is 48.5 Å². The highest BCUT2D eigenvalue weighted by Gasteiger charge is 2.34. The summed E-state index contributed by atoms with van der Waals surface area (Å²) in [6.45, 7) is 3.24. The maximum atomic E-state index is 12.5. The minimum Gasteiger partial charge on any atom is -0.482 e. The van der Waals surface area contributed by atoms with Crippen molar-refractivity contribution in [2.24, 2.45) is 0 Å². The van der Waals surface area contributed by atoms with E-state index < -0.39 is 12.2 Å². The van der Waals surface area contributed by atoms with Gasteiger partial charge in [0.2, 0.25) is 6.10 Å². The summed E-state index contributed by atoms with van der Waals surface area (Å²) in [5.41, 5.74) is 0.935. The molecule has 0 radical (unpaired) electrons. The number of para-hydroxylation sites is 3. The molecule has 0 saturated carbocycles. The third-order valence-electron chi connectivity index (χ3n) is 3.66. The van der Waals surface area contributed by atoms with Crippen LogP contribution in [0.4, 0.5) is 5.69 Å². The predicted molar refractivity (Wildman–Crippen MR) is 86.0 cm³/mol. The Morgan fingerprint density at radius 3 is 2.26 bits per heavy atom. The van der Waals surface area contributed by atoms with Gasteiger partial charge in [-0.15, -0.1) is 0 Å². The smallest absolute Gasteiger partial charge is 0.269 e. The molecule has 2 aromatic rings. The molecule has 1 amide bonds. The van der Waals surface area contributed by atoms with Crippen molar-refractivity contribution in [3.05, 3.63) is 54.1 Å². The number of fused-ring (bicyclic) bond motifs is 1. The van der Waals surface area contributed by atoms with E-state index in [-0.39, 0.29) is 11.7 Å². The summed E-state index contributed by atoms with van der Waals surface area (Å²) >= 11 is 0. The number of rotatable bonds is 3. The molecule has 0 aromatic heterocycles. The van der Waals surface area contributed by atoms with Gasteiger partial charge in [0.25, 0.3) is 5.91 Å². The first-order chi connectivity index (χ1) is 11.1. The largest absolute Gasteiger partial charge is 0.482 e. The quantitative estimate of drug-likeness (QED) is 0.885. The fourth-order valence-corrected chi connectivity index (χ4v) is 2.51. The van der Waals surface area contributed by atoms with Crippen LogP contribution < -0.4 is 14.8 Å². The van der Waals surface area contributed by atoms with Gasteiger partial charge in [0.1, 0.15) is 6.10 Å². The zero-order valence-electron chi connectivity index (χ0n) is 12.9. The maximum absolute atomic E-state index is 12.5. The number of nitrogens with one attached hydrogen (secondary N) is 1. The van der Waals surface area contributed by atoms with Crippen LogP contribution in [0.1, 0.15) is 24.2 Å². The molecule has 2 aromatic carbocycles. The van der Waals surface area contributed by atoms with E-state index in [2.05, 4.69) is 5.32 Å². The van der Waals surface area contributed by atoms with E-state index in [9.17, 15) is 9.59 Å². The average molecular weight is 311 g/mol. The van der Waals surface area contributed by atoms with E-state index in [1.807, 2.05) is 12.1 Å². The third kappa shape index (κ3) is 3.04. The van der Waals surface area contributed by atoms with E-state index in [1.54, 1.807) is 43.3 Å². The Kier molecular flexibility index (Phi) is 4.02. The van der Waals surface area contributed by atoms with Crippen LogP contribution in [0.3, 0.4) is 0 Å². The molecule has 118 valence electrons. The lowest BCUT2D eigenvalue weighted by Gasteiger charge is -2.31. The molecular formula is C18H17NO4. The van der Waals surface area contributed by atoms with E-state index in [0.717, 1.165) is 0 Å². The Morgan fingerprint density at radius 2 is 1.57 bits per heavy atom. The van der Waals surface area contributed by atoms with Crippen LogP contribution >= 0.6 is 0 Å². The number of amides is 1. The highest BCUT2D eigenvalue weighted by atomic mass is 16.6. The summed E-state index contributed by atoms with van der Waals surface area (Å²) in [6, 6.07) is 14.1. The van der Waals surface area contributed by atoms with Gasteiger partial charge >= 0.3 is 0 Å². The Hall–Kier alpha value is -2.82. The van der Waals surface area contributed by atoms with Crippen molar-refractivity contribution in [1.82, 2.24) is 0 Å². The number of benzene rings is 2. The summed E-state index contributed by atoms with van der Waals surface area (Å²) in [4.78, 5) is 24.2. The Morgan fingerprint density at radius 1 is 0.957 bits per heavy atom. The third-order valence-corrected chi connectivity index (χ3v) is 3.66. The minimum atomic E-state index is -0.787. The normalized spacial score (nSPS) is 19.0. The Balaban J connectivity index is 1.81. The Bertz CT molecular complexity index is 756. The number of ether oxygens (including phenoxy) is 2. The molecule has 2 unspecified atom stereocenters. The molecular weight excluding hydrogens is 294 g/mol. The van der Waals surface area contributed by atoms with Gasteiger partial charge in [-0.2, -0.15) is 0 Å². The van der Waals surface area contributed by atoms with Crippen molar-refractivity contribution in [1.29, 1.82) is 0 Å². The lowest BCUT2D eigenvalue weighted by molar-refractivity contribution is -0.128. The second-order valence-corrected chi connectivity index (χ2v) is 5.40. The first kappa shape index (κ1) is 15.1. The Labute approximate surface area is 134 Å². The van der Waals surface area contributed by atoms with Gasteiger partial charge in [0, 0.05) is 5.56 Å². The van der Waals surface area contributed by atoms with Crippen molar-refractivity contribution >= 4 is 17.4 Å². The van der Waals surface area contributed by atoms with Crippen LogP contribution in [-0.2, 0) is 4.79 Å². The SMILES string of the molecule is CC(=O)c1ccccc1NC(=O)C1Oc2ccccc2OC1C. The number of ketones is 1. The average Bonchev–Trinajstić information content (AvgIpc) is 2.54. The lowest BCUT2D eigenvalue weighted by atomic mass is 10.1. The van der Waals surface area contributed by atoms with Crippen LogP contribution in [-0.4, -0.2) is 23.9 Å². The molecule has 2 atom stereocenters. The molecule has 0 spiro atoms.